The molecule has 0 bridgehead atoms. The molecule has 142 valence electrons. The van der Waals surface area contributed by atoms with E-state index < -0.39 is 10.8 Å². The van der Waals surface area contributed by atoms with E-state index in [9.17, 15) is 14.9 Å². The van der Waals surface area contributed by atoms with Gasteiger partial charge >= 0.3 is 0 Å². The third-order valence-electron chi connectivity index (χ3n) is 4.36. The smallest absolute Gasteiger partial charge is 0.280 e. The Kier molecular flexibility index (Phi) is 4.44. The quantitative estimate of drug-likeness (QED) is 0.408. The molecule has 0 aliphatic carbocycles. The Hall–Kier alpha value is -3.81. The molecule has 1 aliphatic rings. The number of nitrogens with one attached hydrogen (secondary N) is 1. The first kappa shape index (κ1) is 17.6. The van der Waals surface area contributed by atoms with Crippen molar-refractivity contribution in [1.29, 1.82) is 0 Å². The number of carbonyl (C=O) groups is 1. The minimum atomic E-state index is -0.531. The Morgan fingerprint density at radius 1 is 1.21 bits per heavy atom. The number of nitro benzene ring substituents is 1. The Bertz CT molecular complexity index is 1070. The number of carbonyl (C=O) groups excluding carboxylic acids is 1. The van der Waals surface area contributed by atoms with E-state index in [1.807, 2.05) is 30.3 Å². The number of para-hydroxylation sites is 1. The Labute approximate surface area is 159 Å². The van der Waals surface area contributed by atoms with Gasteiger partial charge in [0, 0.05) is 11.5 Å². The standard InChI is InChI=1S/C20H16N2O6/c1-12(17-9-14-4-2-3-5-16(14)28-17)21-20(23)7-6-13-8-18-19(27-11-26-18)10-15(13)22(24)25/h2-10,12H,11H2,1H3,(H,21,23)/b7-6+/t12-/m0/s1. The second-order valence-electron chi connectivity index (χ2n) is 6.27. The number of hydrogen-bond acceptors (Lipinski definition) is 6. The lowest BCUT2D eigenvalue weighted by Gasteiger charge is -2.09. The molecule has 8 heteroatoms. The zero-order chi connectivity index (χ0) is 19.7. The maximum absolute atomic E-state index is 12.3. The summed E-state index contributed by atoms with van der Waals surface area (Å²) in [4.78, 5) is 23.0. The van der Waals surface area contributed by atoms with Gasteiger partial charge in [-0.05, 0) is 31.2 Å². The van der Waals surface area contributed by atoms with Crippen LogP contribution in [0, 0.1) is 10.1 Å². The summed E-state index contributed by atoms with van der Waals surface area (Å²) in [5.41, 5.74) is 0.824. The average molecular weight is 380 g/mol. The third kappa shape index (κ3) is 3.39. The molecule has 0 unspecified atom stereocenters. The fraction of sp³-hybridized carbons (Fsp3) is 0.150. The first-order valence-corrected chi connectivity index (χ1v) is 8.56. The number of hydrogen-bond donors (Lipinski definition) is 1. The molecule has 0 saturated carbocycles. The zero-order valence-corrected chi connectivity index (χ0v) is 14.9. The summed E-state index contributed by atoms with van der Waals surface area (Å²) in [5, 5.41) is 15.0. The van der Waals surface area contributed by atoms with E-state index in [0.29, 0.717) is 17.3 Å². The van der Waals surface area contributed by atoms with Crippen LogP contribution >= 0.6 is 0 Å². The van der Waals surface area contributed by atoms with E-state index in [2.05, 4.69) is 5.32 Å². The summed E-state index contributed by atoms with van der Waals surface area (Å²) < 4.78 is 16.1. The lowest BCUT2D eigenvalue weighted by Crippen LogP contribution is -2.24. The maximum atomic E-state index is 12.3. The van der Waals surface area contributed by atoms with Crippen molar-refractivity contribution < 1.29 is 23.6 Å². The fourth-order valence-corrected chi connectivity index (χ4v) is 2.95. The number of nitrogens with zero attached hydrogens (tertiary/aromatic N) is 1. The second-order valence-corrected chi connectivity index (χ2v) is 6.27. The number of benzene rings is 2. The van der Waals surface area contributed by atoms with Crippen LogP contribution in [-0.2, 0) is 4.79 Å². The summed E-state index contributed by atoms with van der Waals surface area (Å²) in [6.45, 7) is 1.81. The van der Waals surface area contributed by atoms with Crippen molar-refractivity contribution in [3.05, 3.63) is 70.0 Å². The number of ether oxygens (including phenoxy) is 2. The van der Waals surface area contributed by atoms with E-state index >= 15 is 0 Å². The number of amides is 1. The molecule has 2 aromatic carbocycles. The molecule has 4 rings (SSSR count). The summed E-state index contributed by atoms with van der Waals surface area (Å²) >= 11 is 0. The molecule has 2 heterocycles. The molecule has 1 aromatic heterocycles. The summed E-state index contributed by atoms with van der Waals surface area (Å²) in [6, 6.07) is 11.8. The van der Waals surface area contributed by atoms with E-state index in [4.69, 9.17) is 13.9 Å². The van der Waals surface area contributed by atoms with Crippen molar-refractivity contribution in [2.24, 2.45) is 0 Å². The van der Waals surface area contributed by atoms with Crippen LogP contribution < -0.4 is 14.8 Å². The zero-order valence-electron chi connectivity index (χ0n) is 14.9. The van der Waals surface area contributed by atoms with Crippen molar-refractivity contribution >= 4 is 28.6 Å². The molecule has 8 nitrogen and oxygen atoms in total. The summed E-state index contributed by atoms with van der Waals surface area (Å²) in [5.74, 6) is 0.935. The average Bonchev–Trinajstić information content (AvgIpc) is 3.31. The molecule has 3 aromatic rings. The van der Waals surface area contributed by atoms with E-state index in [1.165, 1.54) is 24.3 Å². The van der Waals surface area contributed by atoms with Gasteiger partial charge in [-0.1, -0.05) is 18.2 Å². The van der Waals surface area contributed by atoms with Gasteiger partial charge in [0.1, 0.15) is 11.3 Å². The predicted molar refractivity (Wildman–Crippen MR) is 101 cm³/mol. The molecule has 28 heavy (non-hydrogen) atoms. The highest BCUT2D eigenvalue weighted by Gasteiger charge is 2.22. The highest BCUT2D eigenvalue weighted by molar-refractivity contribution is 5.93. The highest BCUT2D eigenvalue weighted by Crippen LogP contribution is 2.38. The van der Waals surface area contributed by atoms with Gasteiger partial charge in [0.15, 0.2) is 11.5 Å². The van der Waals surface area contributed by atoms with Gasteiger partial charge in [0.2, 0.25) is 12.7 Å². The van der Waals surface area contributed by atoms with Crippen molar-refractivity contribution in [2.45, 2.75) is 13.0 Å². The van der Waals surface area contributed by atoms with Crippen molar-refractivity contribution in [3.8, 4) is 11.5 Å². The van der Waals surface area contributed by atoms with Gasteiger partial charge < -0.3 is 19.2 Å². The molecule has 1 amide bonds. The minimum Gasteiger partial charge on any atom is -0.459 e. The number of furan rings is 1. The van der Waals surface area contributed by atoms with Gasteiger partial charge in [-0.2, -0.15) is 0 Å². The van der Waals surface area contributed by atoms with Crippen LogP contribution in [0.1, 0.15) is 24.3 Å². The molecule has 1 N–H and O–H groups in total. The largest absolute Gasteiger partial charge is 0.459 e. The minimum absolute atomic E-state index is 0.00908. The Morgan fingerprint density at radius 2 is 1.96 bits per heavy atom. The Morgan fingerprint density at radius 3 is 2.71 bits per heavy atom. The highest BCUT2D eigenvalue weighted by atomic mass is 16.7. The number of fused-ring (bicyclic) bond motifs is 2. The molecule has 0 radical (unpaired) electrons. The van der Waals surface area contributed by atoms with Crippen LogP contribution in [0.3, 0.4) is 0 Å². The lowest BCUT2D eigenvalue weighted by molar-refractivity contribution is -0.385. The van der Waals surface area contributed by atoms with Gasteiger partial charge in [-0.3, -0.25) is 14.9 Å². The SMILES string of the molecule is C[C@H](NC(=O)/C=C/c1cc2c(cc1[N+](=O)[O-])OCO2)c1cc2ccccc2o1. The van der Waals surface area contributed by atoms with Gasteiger partial charge in [-0.25, -0.2) is 0 Å². The molecule has 0 spiro atoms. The summed E-state index contributed by atoms with van der Waals surface area (Å²) in [7, 11) is 0. The fourth-order valence-electron chi connectivity index (χ4n) is 2.95. The van der Waals surface area contributed by atoms with Crippen LogP contribution in [-0.4, -0.2) is 17.6 Å². The Balaban J connectivity index is 1.50. The third-order valence-corrected chi connectivity index (χ3v) is 4.36. The van der Waals surface area contributed by atoms with Crippen molar-refractivity contribution in [1.82, 2.24) is 5.32 Å². The number of nitro groups is 1. The van der Waals surface area contributed by atoms with Gasteiger partial charge in [0.25, 0.3) is 5.69 Å². The van der Waals surface area contributed by atoms with Gasteiger partial charge in [0.05, 0.1) is 22.6 Å². The topological polar surface area (TPSA) is 104 Å². The first-order valence-electron chi connectivity index (χ1n) is 8.56. The van der Waals surface area contributed by atoms with Crippen LogP contribution in [0.15, 0.2) is 53.0 Å². The van der Waals surface area contributed by atoms with Crippen LogP contribution in [0.4, 0.5) is 5.69 Å². The van der Waals surface area contributed by atoms with Crippen molar-refractivity contribution in [3.63, 3.8) is 0 Å². The van der Waals surface area contributed by atoms with E-state index in [1.54, 1.807) is 6.92 Å². The second kappa shape index (κ2) is 7.07. The van der Waals surface area contributed by atoms with Crippen LogP contribution in [0.25, 0.3) is 17.0 Å². The molecule has 1 aliphatic heterocycles. The lowest BCUT2D eigenvalue weighted by atomic mass is 10.1. The van der Waals surface area contributed by atoms with Gasteiger partial charge in [-0.15, -0.1) is 0 Å². The molecular weight excluding hydrogens is 364 g/mol. The summed E-state index contributed by atoms with van der Waals surface area (Å²) in [6.07, 6.45) is 2.62. The maximum Gasteiger partial charge on any atom is 0.280 e. The van der Waals surface area contributed by atoms with E-state index in [-0.39, 0.29) is 24.1 Å². The van der Waals surface area contributed by atoms with Crippen molar-refractivity contribution in [2.75, 3.05) is 6.79 Å². The molecule has 0 fully saturated rings. The first-order chi connectivity index (χ1) is 13.5. The molecular formula is C20H16N2O6. The van der Waals surface area contributed by atoms with Crippen LogP contribution in [0.5, 0.6) is 11.5 Å². The van der Waals surface area contributed by atoms with E-state index in [0.717, 1.165) is 11.0 Å². The predicted octanol–water partition coefficient (Wildman–Crippen LogP) is 3.96. The number of rotatable bonds is 5. The normalized spacial score (nSPS) is 13.8. The van der Waals surface area contributed by atoms with Crippen LogP contribution in [0.2, 0.25) is 0 Å². The molecule has 1 atom stereocenters. The monoisotopic (exact) mass is 380 g/mol. The molecule has 0 saturated heterocycles.